The molecule has 8 heteroatoms. The molecule has 2 amide bonds. The molecule has 8 nitrogen and oxygen atoms in total. The maximum atomic E-state index is 12.7. The van der Waals surface area contributed by atoms with Crippen molar-refractivity contribution >= 4 is 18.0 Å². The summed E-state index contributed by atoms with van der Waals surface area (Å²) < 4.78 is 16.1. The lowest BCUT2D eigenvalue weighted by Gasteiger charge is -2.19. The zero-order valence-electron chi connectivity index (χ0n) is 19.2. The first-order valence-electron chi connectivity index (χ1n) is 10.4. The van der Waals surface area contributed by atoms with E-state index in [-0.39, 0.29) is 18.4 Å². The molecule has 2 N–H and O–H groups in total. The Kier molecular flexibility index (Phi) is 9.53. The number of carbonyl (C=O) groups excluding carboxylic acids is 2. The summed E-state index contributed by atoms with van der Waals surface area (Å²) in [6.45, 7) is 5.67. The van der Waals surface area contributed by atoms with Crippen LogP contribution < -0.4 is 25.0 Å². The van der Waals surface area contributed by atoms with Crippen LogP contribution in [-0.4, -0.2) is 44.9 Å². The van der Waals surface area contributed by atoms with Crippen LogP contribution in [0.1, 0.15) is 31.4 Å². The first-order valence-corrected chi connectivity index (χ1v) is 10.4. The van der Waals surface area contributed by atoms with Gasteiger partial charge in [0.1, 0.15) is 23.3 Å². The van der Waals surface area contributed by atoms with Crippen molar-refractivity contribution in [2.24, 2.45) is 11.0 Å². The molecular formula is C24H31N3O5. The van der Waals surface area contributed by atoms with E-state index in [1.165, 1.54) is 13.3 Å². The van der Waals surface area contributed by atoms with Crippen LogP contribution in [-0.2, 0) is 9.59 Å². The smallest absolute Gasteiger partial charge is 0.262 e. The number of amides is 2. The molecule has 0 aliphatic carbocycles. The van der Waals surface area contributed by atoms with Crippen molar-refractivity contribution in [3.63, 3.8) is 0 Å². The van der Waals surface area contributed by atoms with E-state index in [4.69, 9.17) is 14.2 Å². The highest BCUT2D eigenvalue weighted by Crippen LogP contribution is 2.23. The Hall–Kier alpha value is -3.55. The zero-order valence-corrected chi connectivity index (χ0v) is 19.2. The fourth-order valence-corrected chi connectivity index (χ4v) is 2.97. The first kappa shape index (κ1) is 24.7. The van der Waals surface area contributed by atoms with E-state index in [0.29, 0.717) is 29.2 Å². The van der Waals surface area contributed by atoms with Gasteiger partial charge in [-0.15, -0.1) is 0 Å². The highest BCUT2D eigenvalue weighted by atomic mass is 16.5. The molecule has 1 atom stereocenters. The highest BCUT2D eigenvalue weighted by Gasteiger charge is 2.22. The number of hydrogen-bond acceptors (Lipinski definition) is 6. The largest absolute Gasteiger partial charge is 0.497 e. The summed E-state index contributed by atoms with van der Waals surface area (Å²) in [5.74, 6) is 1.24. The third-order valence-corrected chi connectivity index (χ3v) is 4.63. The van der Waals surface area contributed by atoms with Crippen molar-refractivity contribution < 1.29 is 23.8 Å². The molecule has 0 aliphatic rings. The Morgan fingerprint density at radius 3 is 2.47 bits per heavy atom. The third-order valence-electron chi connectivity index (χ3n) is 4.63. The Morgan fingerprint density at radius 2 is 1.81 bits per heavy atom. The van der Waals surface area contributed by atoms with Crippen LogP contribution in [0.15, 0.2) is 47.6 Å². The lowest BCUT2D eigenvalue weighted by molar-refractivity contribution is -0.130. The Bertz CT molecular complexity index is 943. The number of hydrogen-bond donors (Lipinski definition) is 2. The van der Waals surface area contributed by atoms with Gasteiger partial charge in [0.25, 0.3) is 11.8 Å². The molecule has 2 aromatic rings. The first-order chi connectivity index (χ1) is 15.3. The molecule has 0 spiro atoms. The number of methoxy groups -OCH3 is 2. The number of nitrogens with zero attached hydrogens (tertiary/aromatic N) is 1. The molecule has 2 aromatic carbocycles. The minimum atomic E-state index is -0.738. The summed E-state index contributed by atoms with van der Waals surface area (Å²) in [6.07, 6.45) is 1.94. The molecule has 0 aromatic heterocycles. The topological polar surface area (TPSA) is 98.2 Å². The Balaban J connectivity index is 1.97. The fourth-order valence-electron chi connectivity index (χ4n) is 2.97. The van der Waals surface area contributed by atoms with Gasteiger partial charge in [-0.05, 0) is 43.0 Å². The second-order valence-electron chi connectivity index (χ2n) is 7.65. The number of para-hydroxylation sites is 1. The van der Waals surface area contributed by atoms with Gasteiger partial charge in [-0.2, -0.15) is 5.10 Å². The van der Waals surface area contributed by atoms with E-state index >= 15 is 0 Å². The van der Waals surface area contributed by atoms with E-state index in [0.717, 1.165) is 5.56 Å². The summed E-state index contributed by atoms with van der Waals surface area (Å²) in [5, 5.41) is 6.75. The summed E-state index contributed by atoms with van der Waals surface area (Å²) in [5.41, 5.74) is 4.09. The summed E-state index contributed by atoms with van der Waals surface area (Å²) in [4.78, 5) is 25.0. The molecule has 0 fully saturated rings. The van der Waals surface area contributed by atoms with Gasteiger partial charge in [0.2, 0.25) is 0 Å². The van der Waals surface area contributed by atoms with Crippen LogP contribution in [0.5, 0.6) is 17.2 Å². The monoisotopic (exact) mass is 441 g/mol. The van der Waals surface area contributed by atoms with Gasteiger partial charge in [0, 0.05) is 11.6 Å². The van der Waals surface area contributed by atoms with Gasteiger partial charge in [0.15, 0.2) is 6.61 Å². The molecule has 0 saturated carbocycles. The molecule has 32 heavy (non-hydrogen) atoms. The Morgan fingerprint density at radius 1 is 1.06 bits per heavy atom. The predicted octanol–water partition coefficient (Wildman–Crippen LogP) is 3.07. The SMILES string of the molecule is COc1ccc(/C=N\NC(=O)[C@H](CC(C)C)NC(=O)COc2ccccc2C)c(OC)c1. The van der Waals surface area contributed by atoms with Gasteiger partial charge in [-0.1, -0.05) is 32.0 Å². The van der Waals surface area contributed by atoms with Crippen molar-refractivity contribution in [2.45, 2.75) is 33.2 Å². The molecule has 0 unspecified atom stereocenters. The molecule has 0 saturated heterocycles. The quantitative estimate of drug-likeness (QED) is 0.413. The zero-order chi connectivity index (χ0) is 23.5. The maximum absolute atomic E-state index is 12.7. The third kappa shape index (κ3) is 7.61. The van der Waals surface area contributed by atoms with Crippen LogP contribution >= 0.6 is 0 Å². The molecule has 0 heterocycles. The normalized spacial score (nSPS) is 11.8. The van der Waals surface area contributed by atoms with Gasteiger partial charge in [0.05, 0.1) is 20.4 Å². The van der Waals surface area contributed by atoms with E-state index in [1.54, 1.807) is 31.4 Å². The maximum Gasteiger partial charge on any atom is 0.262 e. The number of rotatable bonds is 11. The van der Waals surface area contributed by atoms with Gasteiger partial charge in [-0.3, -0.25) is 9.59 Å². The van der Waals surface area contributed by atoms with E-state index in [1.807, 2.05) is 39.0 Å². The number of hydrazone groups is 1. The van der Waals surface area contributed by atoms with Crippen LogP contribution in [0, 0.1) is 12.8 Å². The second-order valence-corrected chi connectivity index (χ2v) is 7.65. The standard InChI is InChI=1S/C24H31N3O5/c1-16(2)12-20(26-23(28)15-32-21-9-7-6-8-17(21)3)24(29)27-25-14-18-10-11-19(30-4)13-22(18)31-5/h6-11,13-14,16,20H,12,15H2,1-5H3,(H,26,28)(H,27,29)/b25-14-/t20-/m0/s1. The fraction of sp³-hybridized carbons (Fsp3) is 0.375. The highest BCUT2D eigenvalue weighted by molar-refractivity contribution is 5.89. The van der Waals surface area contributed by atoms with Crippen molar-refractivity contribution in [1.82, 2.24) is 10.7 Å². The van der Waals surface area contributed by atoms with Crippen molar-refractivity contribution in [1.29, 1.82) is 0 Å². The molecule has 172 valence electrons. The number of benzene rings is 2. The Labute approximate surface area is 188 Å². The average molecular weight is 442 g/mol. The second kappa shape index (κ2) is 12.3. The van der Waals surface area contributed by atoms with E-state index in [9.17, 15) is 9.59 Å². The van der Waals surface area contributed by atoms with Crippen LogP contribution in [0.25, 0.3) is 0 Å². The number of nitrogens with one attached hydrogen (secondary N) is 2. The predicted molar refractivity (Wildman–Crippen MR) is 123 cm³/mol. The van der Waals surface area contributed by atoms with Crippen molar-refractivity contribution in [3.8, 4) is 17.2 Å². The molecule has 0 bridgehead atoms. The molecule has 0 aliphatic heterocycles. The molecular weight excluding hydrogens is 410 g/mol. The number of ether oxygens (including phenoxy) is 3. The summed E-state index contributed by atoms with van der Waals surface area (Å²) >= 11 is 0. The van der Waals surface area contributed by atoms with Crippen LogP contribution in [0.4, 0.5) is 0 Å². The summed E-state index contributed by atoms with van der Waals surface area (Å²) in [6, 6.07) is 11.9. The van der Waals surface area contributed by atoms with Gasteiger partial charge in [-0.25, -0.2) is 5.43 Å². The van der Waals surface area contributed by atoms with Crippen molar-refractivity contribution in [3.05, 3.63) is 53.6 Å². The van der Waals surface area contributed by atoms with Crippen molar-refractivity contribution in [2.75, 3.05) is 20.8 Å². The van der Waals surface area contributed by atoms with Crippen LogP contribution in [0.3, 0.4) is 0 Å². The van der Waals surface area contributed by atoms with E-state index in [2.05, 4.69) is 15.8 Å². The lowest BCUT2D eigenvalue weighted by Crippen LogP contribution is -2.47. The summed E-state index contributed by atoms with van der Waals surface area (Å²) in [7, 11) is 3.11. The average Bonchev–Trinajstić information content (AvgIpc) is 2.77. The molecule has 2 rings (SSSR count). The lowest BCUT2D eigenvalue weighted by atomic mass is 10.0. The number of carbonyl (C=O) groups is 2. The number of aryl methyl sites for hydroxylation is 1. The minimum Gasteiger partial charge on any atom is -0.497 e. The van der Waals surface area contributed by atoms with E-state index < -0.39 is 11.9 Å². The van der Waals surface area contributed by atoms with Gasteiger partial charge >= 0.3 is 0 Å². The van der Waals surface area contributed by atoms with Crippen LogP contribution in [0.2, 0.25) is 0 Å². The van der Waals surface area contributed by atoms with Gasteiger partial charge < -0.3 is 19.5 Å². The molecule has 0 radical (unpaired) electrons. The minimum absolute atomic E-state index is 0.182.